The van der Waals surface area contributed by atoms with Crippen LogP contribution in [0.25, 0.3) is 0 Å². The van der Waals surface area contributed by atoms with Crippen LogP contribution in [0, 0.1) is 6.92 Å². The van der Waals surface area contributed by atoms with E-state index in [0.717, 1.165) is 16.8 Å². The summed E-state index contributed by atoms with van der Waals surface area (Å²) < 4.78 is 32.9. The molecule has 1 heterocycles. The number of benzene rings is 2. The molecule has 0 aliphatic carbocycles. The number of amides is 1. The maximum absolute atomic E-state index is 12.6. The van der Waals surface area contributed by atoms with Gasteiger partial charge in [0.1, 0.15) is 0 Å². The molecule has 144 valence electrons. The standard InChI is InChI=1S/C19H21ClN2O4S/c1-13-3-6-16(12-17(13)20)27(24,25)21-15-5-7-18-14(11-15)4-8-19(23)22(18)9-10-26-2/h3,5-7,11-12,21H,4,8-10H2,1-2H3. The Kier molecular flexibility index (Phi) is 5.74. The van der Waals surface area contributed by atoms with Gasteiger partial charge in [-0.25, -0.2) is 8.42 Å². The fourth-order valence-electron chi connectivity index (χ4n) is 3.01. The van der Waals surface area contributed by atoms with Gasteiger partial charge in [0.15, 0.2) is 0 Å². The average Bonchev–Trinajstić information content (AvgIpc) is 2.63. The van der Waals surface area contributed by atoms with Crippen LogP contribution in [0.5, 0.6) is 0 Å². The van der Waals surface area contributed by atoms with Crippen molar-refractivity contribution < 1.29 is 17.9 Å². The van der Waals surface area contributed by atoms with Gasteiger partial charge in [0, 0.05) is 36.5 Å². The van der Waals surface area contributed by atoms with E-state index in [1.807, 2.05) is 6.92 Å². The van der Waals surface area contributed by atoms with E-state index in [0.29, 0.717) is 36.7 Å². The van der Waals surface area contributed by atoms with Gasteiger partial charge in [0.2, 0.25) is 5.91 Å². The first-order chi connectivity index (χ1) is 12.8. The number of carbonyl (C=O) groups is 1. The van der Waals surface area contributed by atoms with E-state index in [-0.39, 0.29) is 10.8 Å². The molecule has 1 amide bonds. The summed E-state index contributed by atoms with van der Waals surface area (Å²) >= 11 is 6.05. The molecule has 1 aliphatic rings. The average molecular weight is 409 g/mol. The Labute approximate surface area is 164 Å². The minimum Gasteiger partial charge on any atom is -0.383 e. The lowest BCUT2D eigenvalue weighted by Gasteiger charge is -2.29. The second kappa shape index (κ2) is 7.88. The van der Waals surface area contributed by atoms with Crippen molar-refractivity contribution in [3.63, 3.8) is 0 Å². The molecular formula is C19H21ClN2O4S. The molecule has 0 fully saturated rings. The number of rotatable bonds is 6. The first kappa shape index (κ1) is 19.7. The summed E-state index contributed by atoms with van der Waals surface area (Å²) in [4.78, 5) is 14.0. The normalized spacial score (nSPS) is 14.2. The molecule has 0 spiro atoms. The summed E-state index contributed by atoms with van der Waals surface area (Å²) in [6.07, 6.45) is 0.962. The Balaban J connectivity index is 1.86. The van der Waals surface area contributed by atoms with Crippen molar-refractivity contribution >= 4 is 38.9 Å². The molecule has 1 N–H and O–H groups in total. The quantitative estimate of drug-likeness (QED) is 0.795. The van der Waals surface area contributed by atoms with Gasteiger partial charge in [-0.15, -0.1) is 0 Å². The van der Waals surface area contributed by atoms with Crippen molar-refractivity contribution in [3.05, 3.63) is 52.5 Å². The van der Waals surface area contributed by atoms with Crippen LogP contribution >= 0.6 is 11.6 Å². The number of ether oxygens (including phenoxy) is 1. The van der Waals surface area contributed by atoms with Gasteiger partial charge in [-0.2, -0.15) is 0 Å². The number of hydrogen-bond donors (Lipinski definition) is 1. The van der Waals surface area contributed by atoms with Crippen molar-refractivity contribution in [1.82, 2.24) is 0 Å². The summed E-state index contributed by atoms with van der Waals surface area (Å²) in [6, 6.07) is 9.82. The van der Waals surface area contributed by atoms with Gasteiger partial charge in [-0.05, 0) is 54.8 Å². The molecule has 2 aromatic carbocycles. The molecule has 6 nitrogen and oxygen atoms in total. The highest BCUT2D eigenvalue weighted by molar-refractivity contribution is 7.92. The van der Waals surface area contributed by atoms with Gasteiger partial charge in [0.25, 0.3) is 10.0 Å². The summed E-state index contributed by atoms with van der Waals surface area (Å²) in [5, 5.41) is 0.399. The monoisotopic (exact) mass is 408 g/mol. The van der Waals surface area contributed by atoms with E-state index in [9.17, 15) is 13.2 Å². The molecule has 1 aliphatic heterocycles. The molecule has 0 bridgehead atoms. The van der Waals surface area contributed by atoms with E-state index in [1.54, 1.807) is 36.3 Å². The first-order valence-corrected chi connectivity index (χ1v) is 10.4. The Bertz CT molecular complexity index is 976. The van der Waals surface area contributed by atoms with Crippen molar-refractivity contribution in [1.29, 1.82) is 0 Å². The predicted octanol–water partition coefficient (Wildman–Crippen LogP) is 3.37. The summed E-state index contributed by atoms with van der Waals surface area (Å²) in [7, 11) is -2.16. The van der Waals surface area contributed by atoms with Gasteiger partial charge < -0.3 is 9.64 Å². The molecule has 0 unspecified atom stereocenters. The highest BCUT2D eigenvalue weighted by Crippen LogP contribution is 2.31. The van der Waals surface area contributed by atoms with Crippen LogP contribution in [0.3, 0.4) is 0 Å². The molecule has 3 rings (SSSR count). The zero-order valence-electron chi connectivity index (χ0n) is 15.2. The molecule has 0 radical (unpaired) electrons. The van der Waals surface area contributed by atoms with Crippen LogP contribution in [0.15, 0.2) is 41.3 Å². The third kappa shape index (κ3) is 4.26. The van der Waals surface area contributed by atoms with Crippen molar-refractivity contribution in [2.75, 3.05) is 29.9 Å². The van der Waals surface area contributed by atoms with Gasteiger partial charge >= 0.3 is 0 Å². The fraction of sp³-hybridized carbons (Fsp3) is 0.316. The summed E-state index contributed by atoms with van der Waals surface area (Å²) in [5.74, 6) is 0.0437. The topological polar surface area (TPSA) is 75.7 Å². The molecule has 0 saturated heterocycles. The first-order valence-electron chi connectivity index (χ1n) is 8.53. The Hall–Kier alpha value is -2.09. The van der Waals surface area contributed by atoms with E-state index >= 15 is 0 Å². The van der Waals surface area contributed by atoms with Gasteiger partial charge in [-0.3, -0.25) is 9.52 Å². The molecule has 2 aromatic rings. The van der Waals surface area contributed by atoms with E-state index < -0.39 is 10.0 Å². The largest absolute Gasteiger partial charge is 0.383 e. The minimum absolute atomic E-state index is 0.0437. The third-order valence-corrected chi connectivity index (χ3v) is 6.29. The highest BCUT2D eigenvalue weighted by atomic mass is 35.5. The lowest BCUT2D eigenvalue weighted by Crippen LogP contribution is -2.37. The Morgan fingerprint density at radius 3 is 2.67 bits per heavy atom. The lowest BCUT2D eigenvalue weighted by atomic mass is 10.0. The number of sulfonamides is 1. The van der Waals surface area contributed by atoms with Crippen LogP contribution in [0.1, 0.15) is 17.5 Å². The van der Waals surface area contributed by atoms with E-state index in [4.69, 9.17) is 16.3 Å². The summed E-state index contributed by atoms with van der Waals surface area (Å²) in [5.41, 5.74) is 2.98. The molecule has 0 saturated carbocycles. The number of hydrogen-bond acceptors (Lipinski definition) is 4. The number of anilines is 2. The number of halogens is 1. The maximum atomic E-state index is 12.6. The number of nitrogens with one attached hydrogen (secondary N) is 1. The van der Waals surface area contributed by atoms with Gasteiger partial charge in [0.05, 0.1) is 11.5 Å². The minimum atomic E-state index is -3.75. The smallest absolute Gasteiger partial charge is 0.261 e. The molecule has 0 aromatic heterocycles. The van der Waals surface area contributed by atoms with Crippen molar-refractivity contribution in [2.45, 2.75) is 24.7 Å². The van der Waals surface area contributed by atoms with Crippen molar-refractivity contribution in [3.8, 4) is 0 Å². The zero-order chi connectivity index (χ0) is 19.6. The molecule has 27 heavy (non-hydrogen) atoms. The molecule has 8 heteroatoms. The summed E-state index contributed by atoms with van der Waals surface area (Å²) in [6.45, 7) is 2.72. The zero-order valence-corrected chi connectivity index (χ0v) is 16.7. The predicted molar refractivity (Wildman–Crippen MR) is 106 cm³/mol. The van der Waals surface area contributed by atoms with E-state index in [1.165, 1.54) is 12.1 Å². The SMILES string of the molecule is COCCN1C(=O)CCc2cc(NS(=O)(=O)c3ccc(C)c(Cl)c3)ccc21. The number of fused-ring (bicyclic) bond motifs is 1. The Morgan fingerprint density at radius 2 is 1.96 bits per heavy atom. The van der Waals surface area contributed by atoms with Crippen LogP contribution in [-0.4, -0.2) is 34.6 Å². The van der Waals surface area contributed by atoms with Crippen LogP contribution < -0.4 is 9.62 Å². The highest BCUT2D eigenvalue weighted by Gasteiger charge is 2.24. The van der Waals surface area contributed by atoms with Crippen molar-refractivity contribution in [2.24, 2.45) is 0 Å². The fourth-order valence-corrected chi connectivity index (χ4v) is 4.33. The van der Waals surface area contributed by atoms with E-state index in [2.05, 4.69) is 4.72 Å². The number of methoxy groups -OCH3 is 1. The number of carbonyl (C=O) groups excluding carboxylic acids is 1. The van der Waals surface area contributed by atoms with Crippen LogP contribution in [0.2, 0.25) is 5.02 Å². The van der Waals surface area contributed by atoms with Crippen LogP contribution in [0.4, 0.5) is 11.4 Å². The lowest BCUT2D eigenvalue weighted by molar-refractivity contribution is -0.119. The molecular weight excluding hydrogens is 388 g/mol. The number of aryl methyl sites for hydroxylation is 2. The Morgan fingerprint density at radius 1 is 1.19 bits per heavy atom. The number of nitrogens with zero attached hydrogens (tertiary/aromatic N) is 1. The van der Waals surface area contributed by atoms with Crippen LogP contribution in [-0.2, 0) is 26.0 Å². The second-order valence-corrected chi connectivity index (χ2v) is 8.49. The van der Waals surface area contributed by atoms with Gasteiger partial charge in [-0.1, -0.05) is 17.7 Å². The maximum Gasteiger partial charge on any atom is 0.261 e. The second-order valence-electron chi connectivity index (χ2n) is 6.40. The third-order valence-electron chi connectivity index (χ3n) is 4.50. The molecule has 0 atom stereocenters.